The number of anilines is 4. The van der Waals surface area contributed by atoms with E-state index in [1.165, 1.54) is 30.2 Å². The largest absolute Gasteiger partial charge is 0.489 e. The molecule has 3 aliphatic rings. The topological polar surface area (TPSA) is 232 Å². The molecule has 1 unspecified atom stereocenters. The average Bonchev–Trinajstić information content (AvgIpc) is 3.99. The fraction of sp³-hybridized carbons (Fsp3) is 0.325. The van der Waals surface area contributed by atoms with Crippen molar-refractivity contribution in [3.05, 3.63) is 82.8 Å². The molecule has 6 heterocycles. The van der Waals surface area contributed by atoms with E-state index >= 15 is 4.39 Å². The Balaban J connectivity index is 0.831. The van der Waals surface area contributed by atoms with Crippen LogP contribution in [0.2, 0.25) is 5.02 Å². The van der Waals surface area contributed by atoms with E-state index in [0.717, 1.165) is 5.56 Å². The Morgan fingerprint density at radius 1 is 1.10 bits per heavy atom. The summed E-state index contributed by atoms with van der Waals surface area (Å²) in [7, 11) is 5.03. The van der Waals surface area contributed by atoms with Gasteiger partial charge in [-0.2, -0.15) is 9.97 Å². The SMILES string of the molecule is C=C(COc1cc(Cl)cc(NC(=O)NCc2ccc3c(c2)CN(C2CCC(=O)NC2=O)C3=O)c1)C(=O)N[C@@H]1CN(c2nc(Nc3cn(C)nc3OC)c3ncn(C)c3n2)C[C@H]1F. The van der Waals surface area contributed by atoms with Gasteiger partial charge in [-0.3, -0.25) is 29.2 Å². The molecule has 8 rings (SSSR count). The number of imidazole rings is 1. The number of aryl methyl sites for hydroxylation is 2. The molecule has 5 aromatic rings. The summed E-state index contributed by atoms with van der Waals surface area (Å²) in [6, 6.07) is 7.49. The maximum absolute atomic E-state index is 15.5. The van der Waals surface area contributed by atoms with Crippen molar-refractivity contribution >= 4 is 75.6 Å². The number of amides is 6. The van der Waals surface area contributed by atoms with Gasteiger partial charge in [-0.05, 0) is 35.7 Å². The lowest BCUT2D eigenvalue weighted by Gasteiger charge is -2.29. The monoisotopic (exact) mass is 869 g/mol. The predicted octanol–water partition coefficient (Wildman–Crippen LogP) is 2.86. The van der Waals surface area contributed by atoms with Gasteiger partial charge in [0.15, 0.2) is 17.0 Å². The fourth-order valence-electron chi connectivity index (χ4n) is 7.44. The normalized spacial score (nSPS) is 18.4. The summed E-state index contributed by atoms with van der Waals surface area (Å²) in [6.07, 6.45) is 2.28. The Bertz CT molecular complexity index is 2650. The number of imide groups is 1. The van der Waals surface area contributed by atoms with Gasteiger partial charge < -0.3 is 45.1 Å². The number of rotatable bonds is 13. The Labute approximate surface area is 357 Å². The molecule has 322 valence electrons. The number of hydrogen-bond donors (Lipinski definition) is 5. The number of alkyl halides is 1. The highest BCUT2D eigenvalue weighted by molar-refractivity contribution is 6.31. The van der Waals surface area contributed by atoms with Crippen LogP contribution in [0.1, 0.15) is 34.3 Å². The number of fused-ring (bicyclic) bond motifs is 2. The molecule has 2 saturated heterocycles. The lowest BCUT2D eigenvalue weighted by Crippen LogP contribution is -2.52. The van der Waals surface area contributed by atoms with Crippen LogP contribution in [-0.4, -0.2) is 109 Å². The van der Waals surface area contributed by atoms with Gasteiger partial charge in [0.1, 0.15) is 30.3 Å². The van der Waals surface area contributed by atoms with Gasteiger partial charge in [0.2, 0.25) is 23.7 Å². The molecule has 2 fully saturated rings. The summed E-state index contributed by atoms with van der Waals surface area (Å²) in [5.41, 5.74) is 3.75. The molecule has 0 spiro atoms. The maximum atomic E-state index is 15.5. The number of piperidine rings is 1. The summed E-state index contributed by atoms with van der Waals surface area (Å²) < 4.78 is 29.9. The van der Waals surface area contributed by atoms with Gasteiger partial charge in [-0.1, -0.05) is 30.3 Å². The van der Waals surface area contributed by atoms with Gasteiger partial charge in [0.05, 0.1) is 32.2 Å². The number of benzene rings is 2. The van der Waals surface area contributed by atoms with E-state index in [2.05, 4.69) is 53.2 Å². The van der Waals surface area contributed by atoms with Crippen molar-refractivity contribution in [1.82, 2.24) is 50.1 Å². The van der Waals surface area contributed by atoms with Crippen molar-refractivity contribution in [2.75, 3.05) is 42.3 Å². The third-order valence-electron chi connectivity index (χ3n) is 10.5. The second-order valence-corrected chi connectivity index (χ2v) is 15.5. The molecule has 20 nitrogen and oxygen atoms in total. The van der Waals surface area contributed by atoms with Crippen molar-refractivity contribution in [3.63, 3.8) is 0 Å². The molecular weight excluding hydrogens is 829 g/mol. The van der Waals surface area contributed by atoms with Crippen LogP contribution in [0.15, 0.2) is 61.1 Å². The second-order valence-electron chi connectivity index (χ2n) is 15.0. The van der Waals surface area contributed by atoms with Gasteiger partial charge >= 0.3 is 6.03 Å². The number of nitrogens with zero attached hydrogens (tertiary/aromatic N) is 8. The summed E-state index contributed by atoms with van der Waals surface area (Å²) >= 11 is 6.33. The van der Waals surface area contributed by atoms with E-state index in [0.29, 0.717) is 45.4 Å². The summed E-state index contributed by atoms with van der Waals surface area (Å²) in [4.78, 5) is 79.9. The molecule has 0 aliphatic carbocycles. The quantitative estimate of drug-likeness (QED) is 0.0848. The van der Waals surface area contributed by atoms with Crippen LogP contribution in [0.5, 0.6) is 11.6 Å². The van der Waals surface area contributed by atoms with Crippen molar-refractivity contribution in [1.29, 1.82) is 0 Å². The van der Waals surface area contributed by atoms with Gasteiger partial charge in [0, 0.05) is 68.1 Å². The molecule has 0 radical (unpaired) electrons. The molecule has 22 heteroatoms. The van der Waals surface area contributed by atoms with E-state index in [9.17, 15) is 24.0 Å². The standard InChI is InChI=1S/C40H41ClFN13O7/c1-20(35(57)47-28-17-54(15-27(28)42)39-49-33(32-34(50-39)52(2)19-44-32)46-29-16-53(3)51-37(29)61-4)18-62-25-11-23(41)10-24(12-25)45-40(60)43-13-21-5-6-26-22(9-21)14-55(38(26)59)30-7-8-31(56)48-36(30)58/h5-6,9-12,16,19,27-28,30H,1,7-8,13-15,17-18H2,2-4H3,(H,47,57)(H2,43,45,60)(H,46,49,50)(H,48,56,58)/t27-,28-,30?/m1/s1. The maximum Gasteiger partial charge on any atom is 0.319 e. The number of methoxy groups -OCH3 is 1. The van der Waals surface area contributed by atoms with Crippen LogP contribution >= 0.6 is 11.6 Å². The molecule has 3 aliphatic heterocycles. The van der Waals surface area contributed by atoms with Crippen molar-refractivity contribution in [3.8, 4) is 11.6 Å². The Morgan fingerprint density at radius 3 is 2.71 bits per heavy atom. The third kappa shape index (κ3) is 8.64. The molecule has 3 atom stereocenters. The first-order valence-electron chi connectivity index (χ1n) is 19.4. The summed E-state index contributed by atoms with van der Waals surface area (Å²) in [6.45, 7) is 3.88. The minimum Gasteiger partial charge on any atom is -0.489 e. The first-order valence-corrected chi connectivity index (χ1v) is 19.8. The highest BCUT2D eigenvalue weighted by atomic mass is 35.5. The zero-order valence-corrected chi connectivity index (χ0v) is 34.5. The van der Waals surface area contributed by atoms with Crippen molar-refractivity contribution in [2.24, 2.45) is 14.1 Å². The van der Waals surface area contributed by atoms with Crippen LogP contribution in [0.3, 0.4) is 0 Å². The predicted molar refractivity (Wildman–Crippen MR) is 223 cm³/mol. The van der Waals surface area contributed by atoms with E-state index in [1.54, 1.807) is 59.0 Å². The summed E-state index contributed by atoms with van der Waals surface area (Å²) in [5.74, 6) is -0.585. The number of carbonyl (C=O) groups is 5. The van der Waals surface area contributed by atoms with E-state index < -0.39 is 36.1 Å². The number of hydrogen-bond acceptors (Lipinski definition) is 13. The van der Waals surface area contributed by atoms with Crippen LogP contribution in [0, 0.1) is 0 Å². The van der Waals surface area contributed by atoms with Crippen molar-refractivity contribution < 1.29 is 37.8 Å². The molecule has 0 bridgehead atoms. The van der Waals surface area contributed by atoms with Gasteiger partial charge in [-0.15, -0.1) is 5.10 Å². The molecular formula is C40H41ClFN13O7. The molecule has 5 N–H and O–H groups in total. The number of carbonyl (C=O) groups excluding carboxylic acids is 5. The minimum atomic E-state index is -1.46. The highest BCUT2D eigenvalue weighted by Crippen LogP contribution is 2.32. The first-order chi connectivity index (χ1) is 29.7. The number of urea groups is 1. The van der Waals surface area contributed by atoms with Crippen LogP contribution in [0.4, 0.5) is 32.3 Å². The summed E-state index contributed by atoms with van der Waals surface area (Å²) in [5, 5.41) is 18.2. The Hall–Kier alpha value is -7.29. The smallest absolute Gasteiger partial charge is 0.319 e. The van der Waals surface area contributed by atoms with Crippen molar-refractivity contribution in [2.45, 2.75) is 44.2 Å². The molecule has 0 saturated carbocycles. The third-order valence-corrected chi connectivity index (χ3v) is 10.8. The molecule has 62 heavy (non-hydrogen) atoms. The molecule has 2 aromatic carbocycles. The lowest BCUT2D eigenvalue weighted by molar-refractivity contribution is -0.137. The van der Waals surface area contributed by atoms with Crippen LogP contribution in [0.25, 0.3) is 11.2 Å². The second kappa shape index (κ2) is 17.0. The van der Waals surface area contributed by atoms with Crippen LogP contribution in [-0.2, 0) is 41.6 Å². The average molecular weight is 870 g/mol. The van der Waals surface area contributed by atoms with Gasteiger partial charge in [0.25, 0.3) is 11.8 Å². The molecule has 6 amide bonds. The number of ether oxygens (including phenoxy) is 2. The van der Waals surface area contributed by atoms with Gasteiger partial charge in [-0.25, -0.2) is 14.2 Å². The van der Waals surface area contributed by atoms with E-state index in [1.807, 2.05) is 0 Å². The first kappa shape index (κ1) is 41.4. The zero-order chi connectivity index (χ0) is 43.8. The van der Waals surface area contributed by atoms with E-state index in [-0.39, 0.29) is 79.7 Å². The number of halogens is 2. The van der Waals surface area contributed by atoms with Crippen LogP contribution < -0.4 is 41.0 Å². The zero-order valence-electron chi connectivity index (χ0n) is 33.7. The van der Waals surface area contributed by atoms with E-state index in [4.69, 9.17) is 21.1 Å². The highest BCUT2D eigenvalue weighted by Gasteiger charge is 2.39. The Kier molecular flexibility index (Phi) is 11.4. The number of nitrogens with one attached hydrogen (secondary N) is 5. The number of aromatic nitrogens is 6. The minimum absolute atomic E-state index is 0.0172. The lowest BCUT2D eigenvalue weighted by atomic mass is 10.0. The Morgan fingerprint density at radius 2 is 1.92 bits per heavy atom. The molecule has 3 aromatic heterocycles. The fourth-order valence-corrected chi connectivity index (χ4v) is 7.66.